The molecule has 0 aromatic heterocycles. The molecule has 3 atom stereocenters. The first kappa shape index (κ1) is 18.4. The number of nitrogens with one attached hydrogen (secondary N) is 1. The Bertz CT molecular complexity index is 325. The molecule has 1 aliphatic heterocycles. The van der Waals surface area contributed by atoms with Crippen LogP contribution in [0.2, 0.25) is 0 Å². The number of ether oxygens (including phenoxy) is 2. The number of hydrogen-bond acceptors (Lipinski definition) is 5. The largest absolute Gasteiger partial charge is 0.465 e. The Kier molecular flexibility index (Phi) is 7.63. The molecule has 1 N–H and O–H groups in total. The predicted octanol–water partition coefficient (Wildman–Crippen LogP) is 1.81. The van der Waals surface area contributed by atoms with E-state index in [0.29, 0.717) is 18.8 Å². The number of esters is 1. The van der Waals surface area contributed by atoms with E-state index in [2.05, 4.69) is 24.2 Å². The van der Waals surface area contributed by atoms with Gasteiger partial charge in [0.2, 0.25) is 0 Å². The summed E-state index contributed by atoms with van der Waals surface area (Å²) >= 11 is 0. The van der Waals surface area contributed by atoms with Crippen molar-refractivity contribution >= 4 is 5.97 Å². The maximum atomic E-state index is 12.1. The van der Waals surface area contributed by atoms with Crippen LogP contribution in [0.25, 0.3) is 0 Å². The van der Waals surface area contributed by atoms with Crippen molar-refractivity contribution in [1.29, 1.82) is 0 Å². The zero-order valence-corrected chi connectivity index (χ0v) is 14.3. The van der Waals surface area contributed by atoms with Crippen LogP contribution in [-0.2, 0) is 14.3 Å². The summed E-state index contributed by atoms with van der Waals surface area (Å²) in [7, 11) is 2.14. The molecule has 0 spiro atoms. The first-order valence-electron chi connectivity index (χ1n) is 8.18. The minimum Gasteiger partial charge on any atom is -0.465 e. The van der Waals surface area contributed by atoms with E-state index in [-0.39, 0.29) is 5.97 Å². The third kappa shape index (κ3) is 5.24. The molecule has 3 unspecified atom stereocenters. The van der Waals surface area contributed by atoms with Gasteiger partial charge in [-0.1, -0.05) is 6.92 Å². The van der Waals surface area contributed by atoms with Crippen LogP contribution in [0.1, 0.15) is 47.0 Å². The summed E-state index contributed by atoms with van der Waals surface area (Å²) in [5.41, 5.74) is -0.580. The topological polar surface area (TPSA) is 50.8 Å². The lowest BCUT2D eigenvalue weighted by atomic mass is 9.95. The third-order valence-corrected chi connectivity index (χ3v) is 4.38. The number of carbonyl (C=O) groups is 1. The van der Waals surface area contributed by atoms with E-state index < -0.39 is 5.54 Å². The lowest BCUT2D eigenvalue weighted by Gasteiger charge is -2.30. The van der Waals surface area contributed by atoms with E-state index in [1.165, 1.54) is 0 Å². The first-order chi connectivity index (χ1) is 9.94. The highest BCUT2D eigenvalue weighted by molar-refractivity contribution is 5.80. The van der Waals surface area contributed by atoms with Crippen molar-refractivity contribution in [3.8, 4) is 0 Å². The van der Waals surface area contributed by atoms with Crippen LogP contribution < -0.4 is 5.32 Å². The summed E-state index contributed by atoms with van der Waals surface area (Å²) in [6, 6.07) is 0.498. The van der Waals surface area contributed by atoms with Gasteiger partial charge >= 0.3 is 5.97 Å². The van der Waals surface area contributed by atoms with E-state index in [4.69, 9.17) is 9.47 Å². The number of carbonyl (C=O) groups excluding carboxylic acids is 1. The molecule has 1 fully saturated rings. The molecule has 0 aromatic rings. The van der Waals surface area contributed by atoms with Crippen molar-refractivity contribution in [3.05, 3.63) is 0 Å². The fraction of sp³-hybridized carbons (Fsp3) is 0.938. The Morgan fingerprint density at radius 3 is 2.71 bits per heavy atom. The molecule has 0 aliphatic carbocycles. The Morgan fingerprint density at radius 2 is 2.19 bits per heavy atom. The van der Waals surface area contributed by atoms with Gasteiger partial charge in [0.25, 0.3) is 0 Å². The van der Waals surface area contributed by atoms with Crippen LogP contribution in [-0.4, -0.2) is 61.9 Å². The monoisotopic (exact) mass is 300 g/mol. The second-order valence-electron chi connectivity index (χ2n) is 6.10. The van der Waals surface area contributed by atoms with Crippen molar-refractivity contribution in [1.82, 2.24) is 10.2 Å². The zero-order chi connectivity index (χ0) is 15.9. The lowest BCUT2D eigenvalue weighted by Crippen LogP contribution is -2.51. The molecule has 1 aliphatic rings. The van der Waals surface area contributed by atoms with E-state index in [1.54, 1.807) is 0 Å². The molecular weight excluding hydrogens is 268 g/mol. The molecule has 5 heteroatoms. The van der Waals surface area contributed by atoms with E-state index in [0.717, 1.165) is 39.0 Å². The van der Waals surface area contributed by atoms with Crippen LogP contribution in [0.3, 0.4) is 0 Å². The molecule has 1 saturated heterocycles. The van der Waals surface area contributed by atoms with Crippen molar-refractivity contribution < 1.29 is 14.3 Å². The van der Waals surface area contributed by atoms with Crippen LogP contribution in [0.15, 0.2) is 0 Å². The number of nitrogens with zero attached hydrogens (tertiary/aromatic N) is 1. The predicted molar refractivity (Wildman–Crippen MR) is 84.4 cm³/mol. The summed E-state index contributed by atoms with van der Waals surface area (Å²) in [6.07, 6.45) is 3.15. The van der Waals surface area contributed by atoms with Crippen LogP contribution >= 0.6 is 0 Å². The van der Waals surface area contributed by atoms with Crippen molar-refractivity contribution in [2.75, 3.05) is 33.4 Å². The van der Waals surface area contributed by atoms with Gasteiger partial charge in [-0.05, 0) is 60.2 Å². The highest BCUT2D eigenvalue weighted by atomic mass is 16.5. The quantitative estimate of drug-likeness (QED) is 0.658. The molecule has 0 aromatic carbocycles. The highest BCUT2D eigenvalue weighted by Gasteiger charge is 2.34. The number of rotatable bonds is 9. The molecule has 0 radical (unpaired) electrons. The van der Waals surface area contributed by atoms with Gasteiger partial charge < -0.3 is 19.7 Å². The molecule has 1 rings (SSSR count). The Morgan fingerprint density at radius 1 is 1.48 bits per heavy atom. The van der Waals surface area contributed by atoms with E-state index >= 15 is 0 Å². The molecule has 0 amide bonds. The number of likely N-dealkylation sites (N-methyl/N-ethyl adjacent to an activating group) is 2. The minimum absolute atomic E-state index is 0.146. The average molecular weight is 300 g/mol. The second kappa shape index (κ2) is 8.71. The minimum atomic E-state index is -0.580. The molecule has 5 nitrogen and oxygen atoms in total. The molecule has 0 saturated carbocycles. The molecule has 21 heavy (non-hydrogen) atoms. The van der Waals surface area contributed by atoms with Gasteiger partial charge in [0, 0.05) is 12.6 Å². The maximum Gasteiger partial charge on any atom is 0.326 e. The molecular formula is C16H32N2O3. The second-order valence-corrected chi connectivity index (χ2v) is 6.10. The van der Waals surface area contributed by atoms with Gasteiger partial charge in [-0.15, -0.1) is 0 Å². The summed E-state index contributed by atoms with van der Waals surface area (Å²) in [6.45, 7) is 11.0. The third-order valence-electron chi connectivity index (χ3n) is 4.38. The fourth-order valence-corrected chi connectivity index (χ4v) is 3.09. The van der Waals surface area contributed by atoms with Gasteiger partial charge in [0.05, 0.1) is 12.7 Å². The Hall–Kier alpha value is -0.650. The first-order valence-corrected chi connectivity index (χ1v) is 8.18. The number of hydrogen-bond donors (Lipinski definition) is 1. The summed E-state index contributed by atoms with van der Waals surface area (Å²) in [5, 5.41) is 3.28. The van der Waals surface area contributed by atoms with Crippen molar-refractivity contribution in [2.24, 2.45) is 0 Å². The lowest BCUT2D eigenvalue weighted by molar-refractivity contribution is -0.150. The fourth-order valence-electron chi connectivity index (χ4n) is 3.09. The summed E-state index contributed by atoms with van der Waals surface area (Å²) in [4.78, 5) is 14.5. The van der Waals surface area contributed by atoms with Crippen LogP contribution in [0, 0.1) is 0 Å². The molecule has 124 valence electrons. The normalized spacial score (nSPS) is 25.0. The van der Waals surface area contributed by atoms with Gasteiger partial charge in [0.1, 0.15) is 5.54 Å². The average Bonchev–Trinajstić information content (AvgIpc) is 2.85. The van der Waals surface area contributed by atoms with E-state index in [9.17, 15) is 4.79 Å². The van der Waals surface area contributed by atoms with E-state index in [1.807, 2.05) is 20.8 Å². The summed E-state index contributed by atoms with van der Waals surface area (Å²) < 4.78 is 10.8. The standard InChI is InChI=1S/C16H32N2O3/c1-6-17-16(4,15(19)20-7-2)10-8-11-18(5)14-9-12-21-13(14)3/h13-14,17H,6-12H2,1-5H3. The van der Waals surface area contributed by atoms with Gasteiger partial charge in [-0.3, -0.25) is 4.79 Å². The smallest absolute Gasteiger partial charge is 0.326 e. The van der Waals surface area contributed by atoms with Crippen LogP contribution in [0.5, 0.6) is 0 Å². The molecule has 1 heterocycles. The van der Waals surface area contributed by atoms with Crippen LogP contribution in [0.4, 0.5) is 0 Å². The molecule has 0 bridgehead atoms. The Labute approximate surface area is 129 Å². The Balaban J connectivity index is 2.44. The summed E-state index contributed by atoms with van der Waals surface area (Å²) in [5.74, 6) is -0.146. The van der Waals surface area contributed by atoms with Gasteiger partial charge in [-0.2, -0.15) is 0 Å². The van der Waals surface area contributed by atoms with Crippen molar-refractivity contribution in [2.45, 2.75) is 64.6 Å². The SMILES string of the molecule is CCNC(C)(CCCN(C)C1CCOC1C)C(=O)OCC. The van der Waals surface area contributed by atoms with Gasteiger partial charge in [0.15, 0.2) is 0 Å². The zero-order valence-electron chi connectivity index (χ0n) is 14.3. The van der Waals surface area contributed by atoms with Crippen molar-refractivity contribution in [3.63, 3.8) is 0 Å². The maximum absolute atomic E-state index is 12.1. The van der Waals surface area contributed by atoms with Gasteiger partial charge in [-0.25, -0.2) is 0 Å². The highest BCUT2D eigenvalue weighted by Crippen LogP contribution is 2.20.